The Balaban J connectivity index is 1.86. The van der Waals surface area contributed by atoms with Crippen molar-refractivity contribution in [2.24, 2.45) is 0 Å². The summed E-state index contributed by atoms with van der Waals surface area (Å²) in [6.45, 7) is 3.51. The Kier molecular flexibility index (Phi) is 7.91. The van der Waals surface area contributed by atoms with E-state index in [1.807, 2.05) is 6.92 Å². The third-order valence-electron chi connectivity index (χ3n) is 4.49. The molecule has 1 saturated heterocycles. The van der Waals surface area contributed by atoms with Crippen molar-refractivity contribution in [2.45, 2.75) is 44.4 Å². The lowest BCUT2D eigenvalue weighted by Crippen LogP contribution is -2.53. The second-order valence-corrected chi connectivity index (χ2v) is 7.00. The fourth-order valence-electron chi connectivity index (χ4n) is 2.70. The van der Waals surface area contributed by atoms with Gasteiger partial charge >= 0.3 is 0 Å². The van der Waals surface area contributed by atoms with Crippen LogP contribution in [0.5, 0.6) is 0 Å². The van der Waals surface area contributed by atoms with Crippen molar-refractivity contribution in [3.8, 4) is 0 Å². The van der Waals surface area contributed by atoms with E-state index in [0.29, 0.717) is 19.4 Å². The number of rotatable bonds is 12. The van der Waals surface area contributed by atoms with Crippen molar-refractivity contribution in [1.82, 2.24) is 16.0 Å². The number of ether oxygens (including phenoxy) is 2. The molecule has 3 amide bonds. The predicted molar refractivity (Wildman–Crippen MR) is 101 cm³/mol. The first-order chi connectivity index (χ1) is 13.8. The third kappa shape index (κ3) is 6.40. The van der Waals surface area contributed by atoms with Crippen molar-refractivity contribution in [1.29, 1.82) is 0 Å². The van der Waals surface area contributed by atoms with Crippen LogP contribution in [0.2, 0.25) is 0 Å². The Labute approximate surface area is 168 Å². The molecule has 3 atom stereocenters. The van der Waals surface area contributed by atoms with Gasteiger partial charge in [0.05, 0.1) is 37.6 Å². The Hall–Kier alpha value is -2.72. The maximum atomic E-state index is 12.4. The van der Waals surface area contributed by atoms with Gasteiger partial charge in [-0.2, -0.15) is 0 Å². The molecule has 10 heteroatoms. The zero-order chi connectivity index (χ0) is 21.4. The molecule has 0 saturated carbocycles. The number of hydrogen-bond acceptors (Lipinski definition) is 7. The van der Waals surface area contributed by atoms with Crippen molar-refractivity contribution in [3.05, 3.63) is 24.2 Å². The van der Waals surface area contributed by atoms with E-state index in [-0.39, 0.29) is 24.5 Å². The molecule has 2 rings (SSSR count). The number of methoxy groups -OCH3 is 1. The number of furan rings is 1. The summed E-state index contributed by atoms with van der Waals surface area (Å²) in [5.74, 6) is -1.78. The van der Waals surface area contributed by atoms with E-state index in [0.717, 1.165) is 0 Å². The molecule has 0 aromatic carbocycles. The molecule has 0 aliphatic carbocycles. The van der Waals surface area contributed by atoms with Gasteiger partial charge in [0, 0.05) is 7.11 Å². The lowest BCUT2D eigenvalue weighted by Gasteiger charge is -2.20. The summed E-state index contributed by atoms with van der Waals surface area (Å²) in [4.78, 5) is 49.1. The number of ketones is 1. The number of nitrogens with one attached hydrogen (secondary N) is 3. The Morgan fingerprint density at radius 3 is 2.52 bits per heavy atom. The summed E-state index contributed by atoms with van der Waals surface area (Å²) in [5.41, 5.74) is -0.578. The number of Topliss-reactive ketones (excluding diaryl/α,β-unsaturated/α-hetero) is 1. The topological polar surface area (TPSA) is 139 Å². The zero-order valence-corrected chi connectivity index (χ0v) is 16.8. The number of carbonyl (C=O) groups is 4. The van der Waals surface area contributed by atoms with Gasteiger partial charge < -0.3 is 29.8 Å². The van der Waals surface area contributed by atoms with E-state index >= 15 is 0 Å². The molecule has 2 heterocycles. The fourth-order valence-corrected chi connectivity index (χ4v) is 2.70. The first kappa shape index (κ1) is 22.6. The summed E-state index contributed by atoms with van der Waals surface area (Å²) in [6, 6.07) is -0.214. The molecule has 3 N–H and O–H groups in total. The predicted octanol–water partition coefficient (Wildman–Crippen LogP) is -0.216. The van der Waals surface area contributed by atoms with Crippen LogP contribution in [0.4, 0.5) is 0 Å². The van der Waals surface area contributed by atoms with Crippen molar-refractivity contribution < 1.29 is 33.1 Å². The first-order valence-corrected chi connectivity index (χ1v) is 9.38. The highest BCUT2D eigenvalue weighted by Crippen LogP contribution is 2.29. The van der Waals surface area contributed by atoms with Gasteiger partial charge in [-0.15, -0.1) is 0 Å². The largest absolute Gasteiger partial charge is 0.472 e. The van der Waals surface area contributed by atoms with Gasteiger partial charge in [0.25, 0.3) is 5.91 Å². The molecule has 1 aromatic heterocycles. The number of epoxide rings is 1. The molecule has 0 spiro atoms. The molecule has 0 bridgehead atoms. The van der Waals surface area contributed by atoms with Gasteiger partial charge in [0.2, 0.25) is 11.8 Å². The van der Waals surface area contributed by atoms with Gasteiger partial charge in [0.15, 0.2) is 5.78 Å². The molecule has 29 heavy (non-hydrogen) atoms. The van der Waals surface area contributed by atoms with Gasteiger partial charge in [0.1, 0.15) is 17.9 Å². The lowest BCUT2D eigenvalue weighted by molar-refractivity contribution is -0.131. The minimum absolute atomic E-state index is 0.0797. The molecule has 10 nitrogen and oxygen atoms in total. The van der Waals surface area contributed by atoms with E-state index in [1.165, 1.54) is 25.7 Å². The SMILES string of the molecule is CCC[C@H](NC(=O)CNC(=O)[C@H](COC)NC(=O)c1ccoc1)C(=O)[C@@]1(C)CO1. The number of carbonyl (C=O) groups excluding carboxylic acids is 4. The average Bonchev–Trinajstić information content (AvgIpc) is 3.20. The molecule has 160 valence electrons. The fraction of sp³-hybridized carbons (Fsp3) is 0.579. The molecule has 0 unspecified atom stereocenters. The summed E-state index contributed by atoms with van der Waals surface area (Å²) >= 11 is 0. The second kappa shape index (κ2) is 10.2. The maximum Gasteiger partial charge on any atom is 0.255 e. The highest BCUT2D eigenvalue weighted by molar-refractivity contribution is 5.99. The summed E-state index contributed by atoms with van der Waals surface area (Å²) < 4.78 is 15.0. The van der Waals surface area contributed by atoms with E-state index in [4.69, 9.17) is 13.9 Å². The summed E-state index contributed by atoms with van der Waals surface area (Å²) in [7, 11) is 1.39. The van der Waals surface area contributed by atoms with Crippen LogP contribution in [0.1, 0.15) is 37.0 Å². The van der Waals surface area contributed by atoms with Crippen LogP contribution in [0.15, 0.2) is 23.0 Å². The molecular formula is C19H27N3O7. The Morgan fingerprint density at radius 2 is 1.97 bits per heavy atom. The quantitative estimate of drug-likeness (QED) is 0.406. The smallest absolute Gasteiger partial charge is 0.255 e. The van der Waals surface area contributed by atoms with Gasteiger partial charge in [-0.3, -0.25) is 19.2 Å². The van der Waals surface area contributed by atoms with Crippen LogP contribution in [-0.2, 0) is 23.9 Å². The number of amides is 3. The second-order valence-electron chi connectivity index (χ2n) is 7.00. The zero-order valence-electron chi connectivity index (χ0n) is 16.8. The molecule has 1 aromatic rings. The monoisotopic (exact) mass is 409 g/mol. The van der Waals surface area contributed by atoms with Crippen LogP contribution in [0.25, 0.3) is 0 Å². The van der Waals surface area contributed by atoms with Crippen molar-refractivity contribution in [2.75, 3.05) is 26.9 Å². The Bertz CT molecular complexity index is 728. The summed E-state index contributed by atoms with van der Waals surface area (Å²) in [5, 5.41) is 7.60. The van der Waals surface area contributed by atoms with Crippen LogP contribution >= 0.6 is 0 Å². The van der Waals surface area contributed by atoms with E-state index < -0.39 is 35.4 Å². The van der Waals surface area contributed by atoms with Crippen LogP contribution < -0.4 is 16.0 Å². The molecule has 1 aliphatic rings. The average molecular weight is 409 g/mol. The van der Waals surface area contributed by atoms with E-state index in [2.05, 4.69) is 16.0 Å². The number of hydrogen-bond donors (Lipinski definition) is 3. The molecule has 0 radical (unpaired) electrons. The minimum Gasteiger partial charge on any atom is -0.472 e. The van der Waals surface area contributed by atoms with Crippen LogP contribution in [0.3, 0.4) is 0 Å². The molecular weight excluding hydrogens is 382 g/mol. The van der Waals surface area contributed by atoms with E-state index in [1.54, 1.807) is 6.92 Å². The van der Waals surface area contributed by atoms with Crippen molar-refractivity contribution >= 4 is 23.5 Å². The molecule has 1 aliphatic heterocycles. The van der Waals surface area contributed by atoms with E-state index in [9.17, 15) is 19.2 Å². The maximum absolute atomic E-state index is 12.4. The van der Waals surface area contributed by atoms with Crippen LogP contribution in [0, 0.1) is 0 Å². The van der Waals surface area contributed by atoms with Crippen LogP contribution in [-0.4, -0.2) is 68.1 Å². The lowest BCUT2D eigenvalue weighted by atomic mass is 9.97. The van der Waals surface area contributed by atoms with Crippen molar-refractivity contribution in [3.63, 3.8) is 0 Å². The Morgan fingerprint density at radius 1 is 1.24 bits per heavy atom. The molecule has 1 fully saturated rings. The minimum atomic E-state index is -0.998. The normalized spacial score (nSPS) is 19.7. The first-order valence-electron chi connectivity index (χ1n) is 9.38. The van der Waals surface area contributed by atoms with Gasteiger partial charge in [-0.05, 0) is 19.4 Å². The van der Waals surface area contributed by atoms with Gasteiger partial charge in [-0.25, -0.2) is 0 Å². The van der Waals surface area contributed by atoms with Gasteiger partial charge in [-0.1, -0.05) is 13.3 Å². The highest BCUT2D eigenvalue weighted by Gasteiger charge is 2.49. The summed E-state index contributed by atoms with van der Waals surface area (Å²) in [6.07, 6.45) is 3.77. The highest BCUT2D eigenvalue weighted by atomic mass is 16.6. The standard InChI is InChI=1S/C19H27N3O7/c1-4-5-13(16(24)19(2)11-29-19)21-15(23)8-20-18(26)14(10-27-3)22-17(25)12-6-7-28-9-12/h6-7,9,13-14H,4-5,8,10-11H2,1-3H3,(H,20,26)(H,21,23)(H,22,25)/t13-,14-,19+/m0/s1. The third-order valence-corrected chi connectivity index (χ3v) is 4.49.